The number of anilines is 1. The number of carbonyl (C=O) groups excluding carboxylic acids is 1. The molecule has 0 atom stereocenters. The number of nitrogens with one attached hydrogen (secondary N) is 1. The van der Waals surface area contributed by atoms with Crippen molar-refractivity contribution in [3.63, 3.8) is 0 Å². The highest BCUT2D eigenvalue weighted by molar-refractivity contribution is 6.28. The molecular weight excluding hydrogens is 316 g/mol. The number of hydrogen-bond acceptors (Lipinski definition) is 5. The number of hydrogen-bond donors (Lipinski definition) is 1. The van der Waals surface area contributed by atoms with Gasteiger partial charge in [0, 0.05) is 31.0 Å². The lowest BCUT2D eigenvalue weighted by Gasteiger charge is -2.48. The van der Waals surface area contributed by atoms with Crippen LogP contribution < -0.4 is 5.32 Å². The Bertz CT molecular complexity index is 646. The maximum atomic E-state index is 12.1. The zero-order valence-electron chi connectivity index (χ0n) is 13.1. The predicted octanol–water partition coefficient (Wildman–Crippen LogP) is 3.48. The van der Waals surface area contributed by atoms with Crippen molar-refractivity contribution < 1.29 is 9.53 Å². The van der Waals surface area contributed by atoms with Crippen LogP contribution in [0.15, 0.2) is 6.20 Å². The van der Waals surface area contributed by atoms with Gasteiger partial charge < -0.3 is 14.9 Å². The summed E-state index contributed by atoms with van der Waals surface area (Å²) in [5.41, 5.74) is 0.0143. The average molecular weight is 335 g/mol. The number of carbonyl (C=O) groups is 1. The fraction of sp³-hybridized carbons (Fsp3) is 0.625. The van der Waals surface area contributed by atoms with Gasteiger partial charge in [-0.3, -0.25) is 0 Å². The van der Waals surface area contributed by atoms with E-state index in [1.807, 2.05) is 0 Å². The molecule has 0 amide bonds. The molecular formula is C16H19ClN4O2. The first-order valence-corrected chi connectivity index (χ1v) is 8.26. The van der Waals surface area contributed by atoms with Crippen molar-refractivity contribution in [2.24, 2.45) is 0 Å². The van der Waals surface area contributed by atoms with Gasteiger partial charge in [-0.1, -0.05) is 0 Å². The van der Waals surface area contributed by atoms with E-state index in [0.29, 0.717) is 18.0 Å². The van der Waals surface area contributed by atoms with Gasteiger partial charge in [0.1, 0.15) is 11.4 Å². The molecule has 3 fully saturated rings. The van der Waals surface area contributed by atoms with Crippen LogP contribution in [0.2, 0.25) is 5.28 Å². The average Bonchev–Trinajstić information content (AvgIpc) is 2.56. The van der Waals surface area contributed by atoms with Crippen LogP contribution in [0.5, 0.6) is 0 Å². The lowest BCUT2D eigenvalue weighted by Crippen LogP contribution is -2.52. The highest BCUT2D eigenvalue weighted by Gasteiger charge is 2.53. The van der Waals surface area contributed by atoms with Crippen molar-refractivity contribution in [2.45, 2.75) is 56.5 Å². The topological polar surface area (TPSA) is 68.5 Å². The van der Waals surface area contributed by atoms with E-state index in [1.165, 1.54) is 6.20 Å². The fourth-order valence-corrected chi connectivity index (χ4v) is 3.72. The Kier molecular flexibility index (Phi) is 4.15. The molecule has 0 spiro atoms. The lowest BCUT2D eigenvalue weighted by atomic mass is 9.62. The van der Waals surface area contributed by atoms with E-state index in [0.717, 1.165) is 38.5 Å². The molecule has 1 aromatic rings. The summed E-state index contributed by atoms with van der Waals surface area (Å²) < 4.78 is 5.07. The van der Waals surface area contributed by atoms with E-state index in [-0.39, 0.29) is 16.4 Å². The normalized spacial score (nSPS) is 28.9. The molecule has 3 aliphatic rings. The van der Waals surface area contributed by atoms with Crippen LogP contribution in [-0.2, 0) is 4.74 Å². The van der Waals surface area contributed by atoms with Gasteiger partial charge in [-0.2, -0.15) is 4.98 Å². The highest BCUT2D eigenvalue weighted by atomic mass is 35.5. The monoisotopic (exact) mass is 334 g/mol. The van der Waals surface area contributed by atoms with E-state index >= 15 is 0 Å². The van der Waals surface area contributed by atoms with Gasteiger partial charge in [-0.05, 0) is 37.8 Å². The minimum Gasteiger partial charge on any atom is -0.462 e. The first-order valence-electron chi connectivity index (χ1n) is 7.88. The molecule has 122 valence electrons. The van der Waals surface area contributed by atoms with E-state index in [9.17, 15) is 4.79 Å². The van der Waals surface area contributed by atoms with Crippen LogP contribution in [0, 0.1) is 6.57 Å². The summed E-state index contributed by atoms with van der Waals surface area (Å²) in [6.45, 7) is 9.47. The van der Waals surface area contributed by atoms with E-state index in [4.69, 9.17) is 22.9 Å². The van der Waals surface area contributed by atoms with Gasteiger partial charge in [0.2, 0.25) is 10.8 Å². The van der Waals surface area contributed by atoms with Crippen LogP contribution in [0.1, 0.15) is 55.8 Å². The summed E-state index contributed by atoms with van der Waals surface area (Å²) in [5.74, 6) is -0.0224. The third kappa shape index (κ3) is 2.98. The maximum absolute atomic E-state index is 12.1. The molecule has 6 nitrogen and oxygen atoms in total. The van der Waals surface area contributed by atoms with Gasteiger partial charge in [0.25, 0.3) is 0 Å². The highest BCUT2D eigenvalue weighted by Crippen LogP contribution is 2.50. The van der Waals surface area contributed by atoms with Gasteiger partial charge in [0.15, 0.2) is 0 Å². The van der Waals surface area contributed by atoms with Crippen LogP contribution in [0.25, 0.3) is 4.85 Å². The Morgan fingerprint density at radius 1 is 1.39 bits per heavy atom. The summed E-state index contributed by atoms with van der Waals surface area (Å²) in [5, 5.41) is 3.53. The largest absolute Gasteiger partial charge is 0.462 e. The fourth-order valence-electron chi connectivity index (χ4n) is 3.59. The zero-order valence-corrected chi connectivity index (χ0v) is 13.8. The first-order chi connectivity index (χ1) is 11.0. The van der Waals surface area contributed by atoms with Crippen molar-refractivity contribution in [3.05, 3.63) is 28.5 Å². The molecule has 0 aliphatic heterocycles. The molecule has 1 heterocycles. The van der Waals surface area contributed by atoms with Crippen LogP contribution in [-0.4, -0.2) is 33.6 Å². The van der Waals surface area contributed by atoms with E-state index < -0.39 is 5.97 Å². The third-order valence-electron chi connectivity index (χ3n) is 5.08. The van der Waals surface area contributed by atoms with Crippen molar-refractivity contribution in [1.82, 2.24) is 9.97 Å². The van der Waals surface area contributed by atoms with Gasteiger partial charge in [-0.15, -0.1) is 0 Å². The third-order valence-corrected chi connectivity index (χ3v) is 5.26. The molecule has 0 unspecified atom stereocenters. The SMILES string of the molecule is [C-]#[N+]C12CCC(Nc3nc(Cl)ncc3C(=O)OCC)(CC1)CC2. The second-order valence-corrected chi connectivity index (χ2v) is 6.70. The number of nitrogens with zero attached hydrogens (tertiary/aromatic N) is 3. The number of ether oxygens (including phenoxy) is 1. The lowest BCUT2D eigenvalue weighted by molar-refractivity contribution is 0.0526. The van der Waals surface area contributed by atoms with Crippen molar-refractivity contribution in [3.8, 4) is 0 Å². The number of esters is 1. The molecule has 0 saturated heterocycles. The molecule has 3 aliphatic carbocycles. The van der Waals surface area contributed by atoms with Gasteiger partial charge in [0.05, 0.1) is 6.61 Å². The molecule has 7 heteroatoms. The maximum Gasteiger partial charge on any atom is 0.343 e. The second-order valence-electron chi connectivity index (χ2n) is 6.36. The number of aromatic nitrogens is 2. The van der Waals surface area contributed by atoms with Crippen molar-refractivity contribution >= 4 is 23.4 Å². The van der Waals surface area contributed by atoms with Crippen molar-refractivity contribution in [2.75, 3.05) is 11.9 Å². The Balaban J connectivity index is 1.85. The summed E-state index contributed by atoms with van der Waals surface area (Å²) >= 11 is 5.91. The summed E-state index contributed by atoms with van der Waals surface area (Å²) in [6, 6.07) is 0. The Labute approximate surface area is 140 Å². The number of rotatable bonds is 4. The first kappa shape index (κ1) is 16.0. The molecule has 23 heavy (non-hydrogen) atoms. The van der Waals surface area contributed by atoms with Crippen LogP contribution in [0.4, 0.5) is 5.82 Å². The van der Waals surface area contributed by atoms with E-state index in [2.05, 4.69) is 20.1 Å². The van der Waals surface area contributed by atoms with Gasteiger partial charge in [-0.25, -0.2) is 16.4 Å². The Morgan fingerprint density at radius 2 is 2.04 bits per heavy atom. The molecule has 3 saturated carbocycles. The summed E-state index contributed by atoms with van der Waals surface area (Å²) in [4.78, 5) is 24.0. The standard InChI is InChI=1S/C16H19ClN4O2/c1-3-23-13(22)11-10-19-14(17)20-12(11)21-16-7-4-15(18-2,5-8-16)6-9-16/h10H,3-9H2,1H3,(H,19,20,21). The molecule has 0 radical (unpaired) electrons. The molecule has 1 N–H and O–H groups in total. The van der Waals surface area contributed by atoms with Crippen molar-refractivity contribution in [1.29, 1.82) is 0 Å². The number of halogens is 1. The minimum absolute atomic E-state index is 0.0964. The Morgan fingerprint density at radius 3 is 2.61 bits per heavy atom. The number of fused-ring (bicyclic) bond motifs is 3. The smallest absolute Gasteiger partial charge is 0.343 e. The minimum atomic E-state index is -0.454. The molecule has 0 aromatic carbocycles. The van der Waals surface area contributed by atoms with Crippen LogP contribution in [0.3, 0.4) is 0 Å². The Hall–Kier alpha value is -1.87. The zero-order chi connectivity index (χ0) is 16.5. The predicted molar refractivity (Wildman–Crippen MR) is 86.4 cm³/mol. The quantitative estimate of drug-likeness (QED) is 0.518. The molecule has 2 bridgehead atoms. The summed E-state index contributed by atoms with van der Waals surface area (Å²) in [7, 11) is 0. The van der Waals surface area contributed by atoms with Gasteiger partial charge >= 0.3 is 5.97 Å². The molecule has 4 rings (SSSR count). The molecule has 1 aromatic heterocycles. The van der Waals surface area contributed by atoms with E-state index in [1.54, 1.807) is 6.92 Å². The van der Waals surface area contributed by atoms with Crippen LogP contribution >= 0.6 is 11.6 Å². The second kappa shape index (κ2) is 5.97. The summed E-state index contributed by atoms with van der Waals surface area (Å²) in [6.07, 6.45) is 6.77.